The zero-order valence-corrected chi connectivity index (χ0v) is 23.4. The van der Waals surface area contributed by atoms with Crippen LogP contribution in [0.15, 0.2) is 59.6 Å². The number of sulfonamides is 2. The number of halogens is 2. The molecule has 1 amide bonds. The number of piperidine rings is 1. The molecular formula is C24H25Cl2N5O5S2. The van der Waals surface area contributed by atoms with Crippen LogP contribution in [0.4, 0.5) is 11.6 Å². The third-order valence-electron chi connectivity index (χ3n) is 6.00. The van der Waals surface area contributed by atoms with E-state index in [9.17, 15) is 21.6 Å². The zero-order valence-electron chi connectivity index (χ0n) is 20.3. The molecule has 0 saturated carbocycles. The molecule has 2 N–H and O–H groups in total. The lowest BCUT2D eigenvalue weighted by molar-refractivity contribution is -0.120. The number of anilines is 2. The minimum absolute atomic E-state index is 0.0129. The number of amides is 1. The number of hydrogen-bond acceptors (Lipinski definition) is 7. The number of benzene rings is 2. The van der Waals surface area contributed by atoms with Crippen molar-refractivity contribution in [2.75, 3.05) is 23.1 Å². The maximum atomic E-state index is 12.9. The van der Waals surface area contributed by atoms with Crippen LogP contribution in [0.1, 0.15) is 24.1 Å². The Bertz CT molecular complexity index is 1540. The molecule has 1 fully saturated rings. The molecule has 0 radical (unpaired) electrons. The SMILES string of the molecule is Cc1ccnc(NS(=O)(=O)c2ccc(NC(=O)C3CCN(S(=O)(=O)Cc4ccc(Cl)c(Cl)c4)CC3)cc2)n1. The molecule has 0 unspecified atom stereocenters. The Hall–Kier alpha value is -2.77. The van der Waals surface area contributed by atoms with Gasteiger partial charge in [-0.1, -0.05) is 29.3 Å². The summed E-state index contributed by atoms with van der Waals surface area (Å²) in [6, 6.07) is 12.1. The normalized spacial score (nSPS) is 15.2. The van der Waals surface area contributed by atoms with Crippen molar-refractivity contribution in [3.05, 3.63) is 76.0 Å². The lowest BCUT2D eigenvalue weighted by Gasteiger charge is -2.30. The molecule has 1 saturated heterocycles. The summed E-state index contributed by atoms with van der Waals surface area (Å²) in [5, 5.41) is 3.42. The monoisotopic (exact) mass is 597 g/mol. The van der Waals surface area contributed by atoms with Gasteiger partial charge in [-0.05, 0) is 67.8 Å². The van der Waals surface area contributed by atoms with E-state index in [4.69, 9.17) is 23.2 Å². The van der Waals surface area contributed by atoms with Gasteiger partial charge in [0.25, 0.3) is 10.0 Å². The summed E-state index contributed by atoms with van der Waals surface area (Å²) < 4.78 is 54.6. The van der Waals surface area contributed by atoms with Crippen LogP contribution >= 0.6 is 23.2 Å². The summed E-state index contributed by atoms with van der Waals surface area (Å²) in [6.07, 6.45) is 2.17. The highest BCUT2D eigenvalue weighted by Crippen LogP contribution is 2.27. The van der Waals surface area contributed by atoms with Crippen LogP contribution in [0.25, 0.3) is 0 Å². The van der Waals surface area contributed by atoms with Crippen LogP contribution in [0.5, 0.6) is 0 Å². The first-order valence-electron chi connectivity index (χ1n) is 11.6. The van der Waals surface area contributed by atoms with E-state index in [1.807, 2.05) is 0 Å². The minimum atomic E-state index is -3.91. The van der Waals surface area contributed by atoms with Crippen LogP contribution in [0.2, 0.25) is 10.0 Å². The highest BCUT2D eigenvalue weighted by atomic mass is 35.5. The smallest absolute Gasteiger partial charge is 0.264 e. The van der Waals surface area contributed by atoms with Crippen molar-refractivity contribution in [3.8, 4) is 0 Å². The molecule has 0 aliphatic carbocycles. The van der Waals surface area contributed by atoms with E-state index in [1.165, 1.54) is 40.8 Å². The molecule has 2 heterocycles. The molecule has 0 atom stereocenters. The molecule has 38 heavy (non-hydrogen) atoms. The summed E-state index contributed by atoms with van der Waals surface area (Å²) in [5.74, 6) is -0.878. The average molecular weight is 599 g/mol. The van der Waals surface area contributed by atoms with Gasteiger partial charge < -0.3 is 5.32 Å². The highest BCUT2D eigenvalue weighted by molar-refractivity contribution is 7.92. The van der Waals surface area contributed by atoms with Crippen LogP contribution in [0.3, 0.4) is 0 Å². The number of carbonyl (C=O) groups excluding carboxylic acids is 1. The third-order valence-corrected chi connectivity index (χ3v) is 9.94. The van der Waals surface area contributed by atoms with Gasteiger partial charge in [0.2, 0.25) is 21.9 Å². The Morgan fingerprint density at radius 2 is 1.68 bits per heavy atom. The second-order valence-electron chi connectivity index (χ2n) is 8.82. The molecule has 10 nitrogen and oxygen atoms in total. The fraction of sp³-hybridized carbons (Fsp3) is 0.292. The molecular weight excluding hydrogens is 573 g/mol. The first-order valence-corrected chi connectivity index (χ1v) is 15.4. The number of rotatable bonds is 8. The molecule has 0 bridgehead atoms. The van der Waals surface area contributed by atoms with Crippen molar-refractivity contribution in [1.82, 2.24) is 14.3 Å². The Kier molecular flexibility index (Phi) is 8.58. The fourth-order valence-electron chi connectivity index (χ4n) is 3.97. The van der Waals surface area contributed by atoms with E-state index in [0.29, 0.717) is 34.8 Å². The number of nitrogens with one attached hydrogen (secondary N) is 2. The van der Waals surface area contributed by atoms with Crippen LogP contribution in [-0.2, 0) is 30.6 Å². The van der Waals surface area contributed by atoms with Crippen LogP contribution in [0, 0.1) is 12.8 Å². The topological polar surface area (TPSA) is 138 Å². The number of carbonyl (C=O) groups is 1. The quantitative estimate of drug-likeness (QED) is 0.399. The van der Waals surface area contributed by atoms with E-state index >= 15 is 0 Å². The van der Waals surface area contributed by atoms with Crippen molar-refractivity contribution in [1.29, 1.82) is 0 Å². The molecule has 1 aromatic heterocycles. The second kappa shape index (κ2) is 11.5. The molecule has 4 rings (SSSR count). The molecule has 14 heteroatoms. The summed E-state index contributed by atoms with van der Waals surface area (Å²) in [5.41, 5.74) is 1.58. The Morgan fingerprint density at radius 3 is 2.32 bits per heavy atom. The van der Waals surface area contributed by atoms with Crippen LogP contribution < -0.4 is 10.0 Å². The predicted molar refractivity (Wildman–Crippen MR) is 146 cm³/mol. The van der Waals surface area contributed by atoms with Gasteiger partial charge >= 0.3 is 0 Å². The summed E-state index contributed by atoms with van der Waals surface area (Å²) >= 11 is 11.9. The lowest BCUT2D eigenvalue weighted by Crippen LogP contribution is -2.41. The summed E-state index contributed by atoms with van der Waals surface area (Å²) in [4.78, 5) is 20.7. The zero-order chi connectivity index (χ0) is 27.5. The maximum Gasteiger partial charge on any atom is 0.264 e. The number of aryl methyl sites for hydroxylation is 1. The van der Waals surface area contributed by atoms with E-state index in [1.54, 1.807) is 25.1 Å². The molecule has 0 spiro atoms. The van der Waals surface area contributed by atoms with E-state index in [2.05, 4.69) is 20.0 Å². The number of hydrogen-bond donors (Lipinski definition) is 2. The second-order valence-corrected chi connectivity index (χ2v) is 13.3. The van der Waals surface area contributed by atoms with Crippen molar-refractivity contribution in [2.45, 2.75) is 30.4 Å². The minimum Gasteiger partial charge on any atom is -0.326 e. The Labute approximate surface area is 231 Å². The molecule has 3 aromatic rings. The molecule has 202 valence electrons. The fourth-order valence-corrected chi connectivity index (χ4v) is 6.79. The van der Waals surface area contributed by atoms with Crippen molar-refractivity contribution in [2.24, 2.45) is 5.92 Å². The predicted octanol–water partition coefficient (Wildman–Crippen LogP) is 4.07. The number of aromatic nitrogens is 2. The van der Waals surface area contributed by atoms with Gasteiger partial charge in [-0.25, -0.2) is 35.8 Å². The Morgan fingerprint density at radius 1 is 1.00 bits per heavy atom. The Balaban J connectivity index is 1.31. The highest BCUT2D eigenvalue weighted by Gasteiger charge is 2.31. The number of nitrogens with zero attached hydrogens (tertiary/aromatic N) is 3. The first kappa shape index (κ1) is 28.2. The third kappa shape index (κ3) is 7.00. The molecule has 1 aliphatic heterocycles. The first-order chi connectivity index (χ1) is 17.9. The van der Waals surface area contributed by atoms with Gasteiger partial charge in [0, 0.05) is 36.6 Å². The van der Waals surface area contributed by atoms with E-state index < -0.39 is 20.0 Å². The largest absolute Gasteiger partial charge is 0.326 e. The van der Waals surface area contributed by atoms with Gasteiger partial charge in [0.05, 0.1) is 20.7 Å². The van der Waals surface area contributed by atoms with E-state index in [0.717, 1.165) is 0 Å². The average Bonchev–Trinajstić information content (AvgIpc) is 2.86. The van der Waals surface area contributed by atoms with Crippen molar-refractivity contribution < 1.29 is 21.6 Å². The summed E-state index contributed by atoms with van der Waals surface area (Å²) in [6.45, 7) is 2.15. The van der Waals surface area contributed by atoms with Gasteiger partial charge in [-0.2, -0.15) is 0 Å². The summed E-state index contributed by atoms with van der Waals surface area (Å²) in [7, 11) is -7.50. The molecule has 1 aliphatic rings. The van der Waals surface area contributed by atoms with Gasteiger partial charge in [0.1, 0.15) is 0 Å². The standard InChI is InChI=1S/C24H25Cl2N5O5S2/c1-16-8-11-27-24(28-16)30-38(35,36)20-5-3-19(4-6-20)29-23(32)18-9-12-31(13-10-18)37(33,34)15-17-2-7-21(25)22(26)14-17/h2-8,11,14,18H,9-10,12-13,15H2,1H3,(H,29,32)(H,27,28,30). The maximum absolute atomic E-state index is 12.9. The van der Waals surface area contributed by atoms with Crippen molar-refractivity contribution >= 4 is 60.8 Å². The van der Waals surface area contributed by atoms with E-state index in [-0.39, 0.29) is 46.5 Å². The van der Waals surface area contributed by atoms with Gasteiger partial charge in [-0.3, -0.25) is 4.79 Å². The van der Waals surface area contributed by atoms with Gasteiger partial charge in [0.15, 0.2) is 0 Å². The van der Waals surface area contributed by atoms with Crippen LogP contribution in [-0.4, -0.2) is 50.1 Å². The lowest BCUT2D eigenvalue weighted by atomic mass is 9.97. The molecule has 2 aromatic carbocycles. The van der Waals surface area contributed by atoms with Crippen molar-refractivity contribution in [3.63, 3.8) is 0 Å². The van der Waals surface area contributed by atoms with Gasteiger partial charge in [-0.15, -0.1) is 0 Å².